The summed E-state index contributed by atoms with van der Waals surface area (Å²) in [5, 5.41) is 3.29. The first kappa shape index (κ1) is 13.1. The number of carbonyl (C=O) groups excluding carboxylic acids is 1. The Morgan fingerprint density at radius 1 is 1.25 bits per heavy atom. The number of anilines is 1. The van der Waals surface area contributed by atoms with Crippen LogP contribution in [0.1, 0.15) is 17.9 Å². The Morgan fingerprint density at radius 3 is 2.65 bits per heavy atom. The van der Waals surface area contributed by atoms with Crippen molar-refractivity contribution in [1.29, 1.82) is 0 Å². The minimum absolute atomic E-state index is 0.0610. The monoisotopic (exact) mass is 290 g/mol. The van der Waals surface area contributed by atoms with E-state index in [2.05, 4.69) is 10.3 Å². The fourth-order valence-electron chi connectivity index (χ4n) is 2.23. The Morgan fingerprint density at radius 2 is 2.00 bits per heavy atom. The van der Waals surface area contributed by atoms with Crippen molar-refractivity contribution in [3.05, 3.63) is 59.0 Å². The van der Waals surface area contributed by atoms with Gasteiger partial charge in [0, 0.05) is 12.1 Å². The van der Waals surface area contributed by atoms with Gasteiger partial charge in [-0.1, -0.05) is 23.7 Å². The van der Waals surface area contributed by atoms with Crippen LogP contribution in [-0.2, 0) is 4.79 Å². The number of benzene rings is 1. The predicted molar refractivity (Wildman–Crippen MR) is 75.1 cm³/mol. The van der Waals surface area contributed by atoms with E-state index in [-0.39, 0.29) is 23.6 Å². The van der Waals surface area contributed by atoms with E-state index >= 15 is 0 Å². The zero-order valence-electron chi connectivity index (χ0n) is 10.5. The van der Waals surface area contributed by atoms with Gasteiger partial charge in [0.15, 0.2) is 0 Å². The van der Waals surface area contributed by atoms with Gasteiger partial charge < -0.3 is 5.32 Å². The van der Waals surface area contributed by atoms with E-state index in [1.807, 2.05) is 0 Å². The van der Waals surface area contributed by atoms with Crippen molar-refractivity contribution in [3.8, 4) is 0 Å². The molecule has 2 atom stereocenters. The second-order valence-corrected chi connectivity index (χ2v) is 5.29. The second-order valence-electron chi connectivity index (χ2n) is 4.85. The highest BCUT2D eigenvalue weighted by Gasteiger charge is 2.43. The molecule has 1 N–H and O–H groups in total. The third kappa shape index (κ3) is 2.80. The molecule has 0 aliphatic heterocycles. The van der Waals surface area contributed by atoms with Crippen LogP contribution < -0.4 is 5.32 Å². The Bertz CT molecular complexity index is 627. The molecule has 2 unspecified atom stereocenters. The molecule has 1 aliphatic carbocycles. The zero-order chi connectivity index (χ0) is 14.1. The number of hydrogen-bond donors (Lipinski definition) is 1. The quantitative estimate of drug-likeness (QED) is 0.938. The lowest BCUT2D eigenvalue weighted by atomic mass is 10.1. The summed E-state index contributed by atoms with van der Waals surface area (Å²) in [4.78, 5) is 16.1. The number of hydrogen-bond acceptors (Lipinski definition) is 2. The molecule has 1 aromatic carbocycles. The van der Waals surface area contributed by atoms with Crippen molar-refractivity contribution >= 4 is 23.3 Å². The minimum Gasteiger partial charge on any atom is -0.310 e. The molecule has 1 saturated carbocycles. The van der Waals surface area contributed by atoms with E-state index in [4.69, 9.17) is 11.6 Å². The lowest BCUT2D eigenvalue weighted by molar-refractivity contribution is -0.117. The lowest BCUT2D eigenvalue weighted by Gasteiger charge is -2.04. The molecule has 3 nitrogen and oxygen atoms in total. The first-order chi connectivity index (χ1) is 9.63. The Kier molecular flexibility index (Phi) is 3.40. The lowest BCUT2D eigenvalue weighted by Crippen LogP contribution is -2.15. The van der Waals surface area contributed by atoms with Crippen molar-refractivity contribution in [2.75, 3.05) is 5.32 Å². The van der Waals surface area contributed by atoms with E-state index in [1.165, 1.54) is 18.3 Å². The summed E-state index contributed by atoms with van der Waals surface area (Å²) in [6, 6.07) is 9.64. The van der Waals surface area contributed by atoms with Crippen molar-refractivity contribution in [2.45, 2.75) is 12.3 Å². The fourth-order valence-corrected chi connectivity index (χ4v) is 2.34. The van der Waals surface area contributed by atoms with E-state index in [9.17, 15) is 9.18 Å². The minimum atomic E-state index is -0.263. The predicted octanol–water partition coefficient (Wildman–Crippen LogP) is 3.62. The third-order valence-electron chi connectivity index (χ3n) is 3.40. The van der Waals surface area contributed by atoms with Gasteiger partial charge in [0.2, 0.25) is 5.91 Å². The Hall–Kier alpha value is -1.94. The zero-order valence-corrected chi connectivity index (χ0v) is 11.3. The van der Waals surface area contributed by atoms with Gasteiger partial charge in [-0.2, -0.15) is 0 Å². The maximum absolute atomic E-state index is 12.8. The number of rotatable bonds is 3. The summed E-state index contributed by atoms with van der Waals surface area (Å²) in [5.74, 6) is 0.264. The first-order valence-electron chi connectivity index (χ1n) is 6.31. The summed E-state index contributed by atoms with van der Waals surface area (Å²) in [5.41, 5.74) is 0.996. The van der Waals surface area contributed by atoms with Gasteiger partial charge >= 0.3 is 0 Å². The van der Waals surface area contributed by atoms with Crippen LogP contribution in [0.3, 0.4) is 0 Å². The van der Waals surface area contributed by atoms with E-state index in [1.54, 1.807) is 24.3 Å². The topological polar surface area (TPSA) is 42.0 Å². The van der Waals surface area contributed by atoms with Crippen LogP contribution in [0.15, 0.2) is 42.6 Å². The molecule has 1 amide bonds. The van der Waals surface area contributed by atoms with Gasteiger partial charge in [-0.15, -0.1) is 0 Å². The SMILES string of the molecule is O=C(Nc1ccc(Cl)cn1)C1CC1c1ccc(F)cc1. The Labute approximate surface area is 120 Å². The molecule has 2 aromatic rings. The largest absolute Gasteiger partial charge is 0.310 e. The highest BCUT2D eigenvalue weighted by Crippen LogP contribution is 2.47. The summed E-state index contributed by atoms with van der Waals surface area (Å²) in [6.07, 6.45) is 2.27. The standard InChI is InChI=1S/C15H12ClFN2O/c16-10-3-6-14(18-8-10)19-15(20)13-7-12(13)9-1-4-11(17)5-2-9/h1-6,8,12-13H,7H2,(H,18,19,20). The van der Waals surface area contributed by atoms with E-state index in [0.717, 1.165) is 12.0 Å². The molecule has 1 aliphatic rings. The highest BCUT2D eigenvalue weighted by atomic mass is 35.5. The summed E-state index contributed by atoms with van der Waals surface area (Å²) in [6.45, 7) is 0. The van der Waals surface area contributed by atoms with Crippen molar-refractivity contribution in [2.24, 2.45) is 5.92 Å². The van der Waals surface area contributed by atoms with Crippen molar-refractivity contribution in [3.63, 3.8) is 0 Å². The van der Waals surface area contributed by atoms with Crippen LogP contribution in [0.2, 0.25) is 5.02 Å². The molecule has 3 rings (SSSR count). The molecule has 0 spiro atoms. The fraction of sp³-hybridized carbons (Fsp3) is 0.200. The van der Waals surface area contributed by atoms with Crippen LogP contribution in [-0.4, -0.2) is 10.9 Å². The number of carbonyl (C=O) groups is 1. The smallest absolute Gasteiger partial charge is 0.229 e. The van der Waals surface area contributed by atoms with Crippen LogP contribution in [0, 0.1) is 11.7 Å². The molecule has 0 radical (unpaired) electrons. The van der Waals surface area contributed by atoms with Crippen LogP contribution in [0.4, 0.5) is 10.2 Å². The highest BCUT2D eigenvalue weighted by molar-refractivity contribution is 6.30. The number of nitrogens with zero attached hydrogens (tertiary/aromatic N) is 1. The number of amides is 1. The van der Waals surface area contributed by atoms with E-state index < -0.39 is 0 Å². The maximum Gasteiger partial charge on any atom is 0.229 e. The van der Waals surface area contributed by atoms with Gasteiger partial charge in [-0.25, -0.2) is 9.37 Å². The van der Waals surface area contributed by atoms with E-state index in [0.29, 0.717) is 10.8 Å². The molecule has 5 heteroatoms. The van der Waals surface area contributed by atoms with Gasteiger partial charge in [-0.3, -0.25) is 4.79 Å². The first-order valence-corrected chi connectivity index (χ1v) is 6.69. The summed E-state index contributed by atoms with van der Waals surface area (Å²) in [7, 11) is 0. The van der Waals surface area contributed by atoms with Gasteiger partial charge in [0.05, 0.1) is 5.02 Å². The number of halogens is 2. The molecular formula is C15H12ClFN2O. The van der Waals surface area contributed by atoms with Crippen molar-refractivity contribution < 1.29 is 9.18 Å². The van der Waals surface area contributed by atoms with Gasteiger partial charge in [0.25, 0.3) is 0 Å². The third-order valence-corrected chi connectivity index (χ3v) is 3.63. The molecular weight excluding hydrogens is 279 g/mol. The summed E-state index contributed by atoms with van der Waals surface area (Å²) >= 11 is 5.73. The Balaban J connectivity index is 1.62. The normalized spacial score (nSPS) is 20.5. The van der Waals surface area contributed by atoms with Gasteiger partial charge in [-0.05, 0) is 42.2 Å². The number of aromatic nitrogens is 1. The molecule has 0 bridgehead atoms. The van der Waals surface area contributed by atoms with Crippen LogP contribution in [0.5, 0.6) is 0 Å². The van der Waals surface area contributed by atoms with Crippen molar-refractivity contribution in [1.82, 2.24) is 4.98 Å². The van der Waals surface area contributed by atoms with Crippen LogP contribution in [0.25, 0.3) is 0 Å². The van der Waals surface area contributed by atoms with Crippen LogP contribution >= 0.6 is 11.6 Å². The molecule has 1 fully saturated rings. The molecule has 0 saturated heterocycles. The molecule has 20 heavy (non-hydrogen) atoms. The van der Waals surface area contributed by atoms with Gasteiger partial charge in [0.1, 0.15) is 11.6 Å². The number of pyridine rings is 1. The average molecular weight is 291 g/mol. The summed E-state index contributed by atoms with van der Waals surface area (Å²) < 4.78 is 12.8. The average Bonchev–Trinajstić information content (AvgIpc) is 3.23. The number of nitrogens with one attached hydrogen (secondary N) is 1. The second kappa shape index (κ2) is 5.21. The maximum atomic E-state index is 12.8. The molecule has 1 aromatic heterocycles. The molecule has 1 heterocycles. The molecule has 102 valence electrons.